The van der Waals surface area contributed by atoms with Crippen LogP contribution in [0.3, 0.4) is 0 Å². The molecule has 2 aromatic carbocycles. The summed E-state index contributed by atoms with van der Waals surface area (Å²) in [5.41, 5.74) is 2.82. The minimum Gasteiger partial charge on any atom is -0.493 e. The molecule has 0 fully saturated rings. The molecule has 2 N–H and O–H groups in total. The third kappa shape index (κ3) is 2.83. The number of hydrogen-bond donors (Lipinski definition) is 2. The Morgan fingerprint density at radius 1 is 1.08 bits per heavy atom. The Bertz CT molecular complexity index is 788. The van der Waals surface area contributed by atoms with E-state index in [4.69, 9.17) is 14.9 Å². The zero-order valence-electron chi connectivity index (χ0n) is 13.6. The Labute approximate surface area is 140 Å². The molecule has 0 aliphatic carbocycles. The molecule has 0 unspecified atom stereocenters. The summed E-state index contributed by atoms with van der Waals surface area (Å²) in [5, 5.41) is 19.3. The molecule has 1 aliphatic rings. The lowest BCUT2D eigenvalue weighted by molar-refractivity contribution is 0.306. The molecule has 0 radical (unpaired) electrons. The van der Waals surface area contributed by atoms with Crippen LogP contribution in [0.5, 0.6) is 11.5 Å². The highest BCUT2D eigenvalue weighted by Gasteiger charge is 2.23. The molecule has 1 aliphatic heterocycles. The van der Waals surface area contributed by atoms with Crippen molar-refractivity contribution in [3.05, 3.63) is 53.6 Å². The lowest BCUT2D eigenvalue weighted by Gasteiger charge is -2.25. The number of ether oxygens (including phenoxy) is 2. The molecule has 6 heteroatoms. The Hall–Kier alpha value is -2.86. The van der Waals surface area contributed by atoms with Crippen molar-refractivity contribution in [2.75, 3.05) is 25.8 Å². The van der Waals surface area contributed by atoms with Crippen LogP contribution in [0.15, 0.2) is 47.5 Å². The van der Waals surface area contributed by atoms with Crippen LogP contribution in [-0.2, 0) is 0 Å². The Kier molecular flexibility index (Phi) is 4.48. The molecule has 0 saturated heterocycles. The maximum absolute atomic E-state index is 10.4. The van der Waals surface area contributed by atoms with Gasteiger partial charge in [-0.2, -0.15) is 0 Å². The monoisotopic (exact) mass is 325 g/mol. The Morgan fingerprint density at radius 2 is 1.75 bits per heavy atom. The van der Waals surface area contributed by atoms with Crippen molar-refractivity contribution in [3.8, 4) is 11.5 Å². The van der Waals surface area contributed by atoms with Gasteiger partial charge >= 0.3 is 0 Å². The number of fused-ring (bicyclic) bond motifs is 1. The first-order chi connectivity index (χ1) is 11.7. The molecular formula is C18H19N3O3. The minimum atomic E-state index is 0.0827. The number of anilines is 1. The number of benzene rings is 2. The summed E-state index contributed by atoms with van der Waals surface area (Å²) in [5.74, 6) is 1.11. The number of hydroxylamine groups is 1. The van der Waals surface area contributed by atoms with E-state index in [9.17, 15) is 5.21 Å². The highest BCUT2D eigenvalue weighted by atomic mass is 16.5. The van der Waals surface area contributed by atoms with Crippen molar-refractivity contribution in [2.24, 2.45) is 4.99 Å². The smallest absolute Gasteiger partial charge is 0.162 e. The summed E-state index contributed by atoms with van der Waals surface area (Å²) in [6.07, 6.45) is 0.348. The quantitative estimate of drug-likeness (QED) is 0.909. The van der Waals surface area contributed by atoms with Crippen molar-refractivity contribution in [2.45, 2.75) is 6.42 Å². The van der Waals surface area contributed by atoms with E-state index >= 15 is 0 Å². The largest absolute Gasteiger partial charge is 0.493 e. The fourth-order valence-corrected chi connectivity index (χ4v) is 2.69. The minimum absolute atomic E-state index is 0.0827. The average Bonchev–Trinajstić information content (AvgIpc) is 2.63. The summed E-state index contributed by atoms with van der Waals surface area (Å²) in [4.78, 5) is 4.65. The zero-order valence-corrected chi connectivity index (χ0v) is 13.6. The van der Waals surface area contributed by atoms with Gasteiger partial charge in [-0.15, -0.1) is 0 Å². The van der Waals surface area contributed by atoms with Gasteiger partial charge < -0.3 is 9.47 Å². The molecule has 2 aromatic rings. The second-order valence-corrected chi connectivity index (χ2v) is 5.33. The van der Waals surface area contributed by atoms with Gasteiger partial charge in [0, 0.05) is 30.2 Å². The van der Waals surface area contributed by atoms with Crippen molar-refractivity contribution in [1.29, 1.82) is 5.41 Å². The van der Waals surface area contributed by atoms with Crippen molar-refractivity contribution in [3.63, 3.8) is 0 Å². The fraction of sp³-hybridized carbons (Fsp3) is 0.222. The fourth-order valence-electron chi connectivity index (χ4n) is 2.69. The van der Waals surface area contributed by atoms with E-state index in [1.807, 2.05) is 30.3 Å². The molecule has 0 bridgehead atoms. The second-order valence-electron chi connectivity index (χ2n) is 5.33. The number of hydrogen-bond acceptors (Lipinski definition) is 5. The normalized spacial score (nSPS) is 14.4. The van der Waals surface area contributed by atoms with Gasteiger partial charge in [0.15, 0.2) is 11.5 Å². The van der Waals surface area contributed by atoms with E-state index in [-0.39, 0.29) is 5.84 Å². The van der Waals surface area contributed by atoms with Gasteiger partial charge in [-0.05, 0) is 6.07 Å². The van der Waals surface area contributed by atoms with Gasteiger partial charge in [-0.1, -0.05) is 30.3 Å². The standard InChI is InChI=1S/C18H19N3O3/c1-23-15-10-13-14(11-16(15)24-2)21(22)17(19)8-9-20-18(13)12-6-4-3-5-7-12/h3-7,10-11,19,22H,8-9H2,1-2H3. The third-order valence-electron chi connectivity index (χ3n) is 3.91. The molecule has 0 amide bonds. The van der Waals surface area contributed by atoms with Crippen LogP contribution in [0.4, 0.5) is 5.69 Å². The molecular weight excluding hydrogens is 306 g/mol. The second kappa shape index (κ2) is 6.72. The number of aliphatic imine (C=N–C) groups is 1. The van der Waals surface area contributed by atoms with E-state index in [2.05, 4.69) is 4.99 Å². The molecule has 3 rings (SSSR count). The van der Waals surface area contributed by atoms with Crippen molar-refractivity contribution < 1.29 is 14.7 Å². The predicted octanol–water partition coefficient (Wildman–Crippen LogP) is 3.12. The van der Waals surface area contributed by atoms with Crippen LogP contribution < -0.4 is 14.5 Å². The van der Waals surface area contributed by atoms with Crippen LogP contribution in [0.2, 0.25) is 0 Å². The van der Waals surface area contributed by atoms with E-state index < -0.39 is 0 Å². The molecule has 24 heavy (non-hydrogen) atoms. The first-order valence-electron chi connectivity index (χ1n) is 7.58. The highest BCUT2D eigenvalue weighted by molar-refractivity contribution is 6.18. The SMILES string of the molecule is COc1cc2c(cc1OC)N(O)C(=N)CCN=C2c1ccccc1. The summed E-state index contributed by atoms with van der Waals surface area (Å²) < 4.78 is 10.7. The van der Waals surface area contributed by atoms with Gasteiger partial charge in [0.25, 0.3) is 0 Å². The van der Waals surface area contributed by atoms with Crippen molar-refractivity contribution in [1.82, 2.24) is 0 Å². The first kappa shape index (κ1) is 16.0. The van der Waals surface area contributed by atoms with Gasteiger partial charge in [-0.25, -0.2) is 5.06 Å². The molecule has 0 aromatic heterocycles. The number of amidine groups is 1. The summed E-state index contributed by atoms with van der Waals surface area (Å²) in [6, 6.07) is 13.2. The first-order valence-corrected chi connectivity index (χ1v) is 7.58. The van der Waals surface area contributed by atoms with Gasteiger partial charge in [-0.3, -0.25) is 15.6 Å². The van der Waals surface area contributed by atoms with Crippen LogP contribution in [0, 0.1) is 5.41 Å². The highest BCUT2D eigenvalue weighted by Crippen LogP contribution is 2.37. The number of rotatable bonds is 3. The van der Waals surface area contributed by atoms with Crippen LogP contribution in [0.25, 0.3) is 0 Å². The molecule has 1 heterocycles. The Morgan fingerprint density at radius 3 is 2.42 bits per heavy atom. The number of nitrogens with zero attached hydrogens (tertiary/aromatic N) is 2. The van der Waals surface area contributed by atoms with E-state index in [1.165, 1.54) is 7.11 Å². The Balaban J connectivity index is 2.26. The van der Waals surface area contributed by atoms with E-state index in [0.29, 0.717) is 35.7 Å². The van der Waals surface area contributed by atoms with Crippen LogP contribution >= 0.6 is 0 Å². The summed E-state index contributed by atoms with van der Waals surface area (Å²) in [7, 11) is 3.09. The van der Waals surface area contributed by atoms with Gasteiger partial charge in [0.05, 0.1) is 25.6 Å². The van der Waals surface area contributed by atoms with Gasteiger partial charge in [0.2, 0.25) is 0 Å². The number of methoxy groups -OCH3 is 2. The lowest BCUT2D eigenvalue weighted by atomic mass is 9.98. The van der Waals surface area contributed by atoms with E-state index in [0.717, 1.165) is 16.3 Å². The maximum Gasteiger partial charge on any atom is 0.162 e. The van der Waals surface area contributed by atoms with Crippen molar-refractivity contribution >= 4 is 17.2 Å². The van der Waals surface area contributed by atoms with Crippen LogP contribution in [0.1, 0.15) is 17.5 Å². The van der Waals surface area contributed by atoms with Gasteiger partial charge in [0.1, 0.15) is 5.84 Å². The summed E-state index contributed by atoms with van der Waals surface area (Å²) in [6.45, 7) is 0.425. The number of nitrogens with one attached hydrogen (secondary N) is 1. The summed E-state index contributed by atoms with van der Waals surface area (Å²) >= 11 is 0. The van der Waals surface area contributed by atoms with Crippen LogP contribution in [-0.4, -0.2) is 37.5 Å². The lowest BCUT2D eigenvalue weighted by Crippen LogP contribution is -2.30. The van der Waals surface area contributed by atoms with E-state index in [1.54, 1.807) is 19.2 Å². The maximum atomic E-state index is 10.4. The third-order valence-corrected chi connectivity index (χ3v) is 3.91. The predicted molar refractivity (Wildman–Crippen MR) is 93.1 cm³/mol. The molecule has 0 spiro atoms. The molecule has 0 atom stereocenters. The zero-order chi connectivity index (χ0) is 17.1. The average molecular weight is 325 g/mol. The topological polar surface area (TPSA) is 78.1 Å². The molecule has 124 valence electrons. The molecule has 0 saturated carbocycles. The molecule has 6 nitrogen and oxygen atoms in total.